The zero-order valence-electron chi connectivity index (χ0n) is 15.2. The number of nitrogens with zero attached hydrogens (tertiary/aromatic N) is 2. The fourth-order valence-electron chi connectivity index (χ4n) is 2.56. The minimum atomic E-state index is -0.494. The second-order valence-corrected chi connectivity index (χ2v) is 6.08. The van der Waals surface area contributed by atoms with Crippen LogP contribution in [0.2, 0.25) is 0 Å². The number of aryl methyl sites for hydroxylation is 1. The monoisotopic (exact) mass is 357 g/mol. The Balaban J connectivity index is 1.94. The topological polar surface area (TPSA) is 84.7 Å². The predicted octanol–water partition coefficient (Wildman–Crippen LogP) is 3.37. The van der Waals surface area contributed by atoms with Gasteiger partial charge in [-0.05, 0) is 50.2 Å². The average molecular weight is 357 g/mol. The van der Waals surface area contributed by atoms with Crippen molar-refractivity contribution in [2.24, 2.45) is 0 Å². The van der Waals surface area contributed by atoms with Gasteiger partial charge in [0.2, 0.25) is 5.91 Å². The first-order valence-corrected chi connectivity index (χ1v) is 8.34. The Morgan fingerprint density at radius 1 is 1.23 bits per heavy atom. The molecule has 0 radical (unpaired) electrons. The molecule has 2 aromatic carbocycles. The van der Waals surface area contributed by atoms with Crippen LogP contribution in [-0.4, -0.2) is 35.9 Å². The van der Waals surface area contributed by atoms with Crippen molar-refractivity contribution in [3.8, 4) is 5.75 Å². The van der Waals surface area contributed by atoms with Crippen LogP contribution < -0.4 is 10.1 Å². The maximum absolute atomic E-state index is 12.2. The number of hydrogen-bond acceptors (Lipinski definition) is 5. The highest BCUT2D eigenvalue weighted by molar-refractivity contribution is 5.94. The van der Waals surface area contributed by atoms with Gasteiger partial charge < -0.3 is 10.1 Å². The van der Waals surface area contributed by atoms with Crippen molar-refractivity contribution < 1.29 is 14.5 Å². The lowest BCUT2D eigenvalue weighted by atomic mass is 10.2. The van der Waals surface area contributed by atoms with Crippen LogP contribution in [0.25, 0.3) is 0 Å². The Kier molecular flexibility index (Phi) is 6.68. The van der Waals surface area contributed by atoms with E-state index in [-0.39, 0.29) is 23.8 Å². The summed E-state index contributed by atoms with van der Waals surface area (Å²) in [6.07, 6.45) is 0. The van der Waals surface area contributed by atoms with E-state index in [1.165, 1.54) is 6.07 Å². The van der Waals surface area contributed by atoms with Gasteiger partial charge in [0, 0.05) is 12.6 Å². The van der Waals surface area contributed by atoms with E-state index in [0.29, 0.717) is 13.2 Å². The van der Waals surface area contributed by atoms with Crippen LogP contribution in [0.1, 0.15) is 18.1 Å². The summed E-state index contributed by atoms with van der Waals surface area (Å²) in [5.41, 5.74) is 1.92. The Morgan fingerprint density at radius 3 is 2.54 bits per heavy atom. The SMILES string of the molecule is CCOc1ccc(CN(C)CC(=O)Nc2ccc(C)cc2[N+](=O)[O-])cc1. The Hall–Kier alpha value is -2.93. The van der Waals surface area contributed by atoms with Crippen molar-refractivity contribution in [2.45, 2.75) is 20.4 Å². The number of carbonyl (C=O) groups excluding carboxylic acids is 1. The van der Waals surface area contributed by atoms with Crippen molar-refractivity contribution in [1.29, 1.82) is 0 Å². The first-order chi connectivity index (χ1) is 12.4. The van der Waals surface area contributed by atoms with Crippen LogP contribution in [0, 0.1) is 17.0 Å². The van der Waals surface area contributed by atoms with Crippen LogP contribution >= 0.6 is 0 Å². The van der Waals surface area contributed by atoms with Crippen molar-refractivity contribution >= 4 is 17.3 Å². The lowest BCUT2D eigenvalue weighted by Crippen LogP contribution is -2.30. The second-order valence-electron chi connectivity index (χ2n) is 6.08. The van der Waals surface area contributed by atoms with Gasteiger partial charge in [-0.15, -0.1) is 0 Å². The van der Waals surface area contributed by atoms with Gasteiger partial charge in [-0.1, -0.05) is 18.2 Å². The van der Waals surface area contributed by atoms with E-state index in [2.05, 4.69) is 5.32 Å². The molecule has 2 rings (SSSR count). The van der Waals surface area contributed by atoms with Gasteiger partial charge in [-0.25, -0.2) is 0 Å². The van der Waals surface area contributed by atoms with E-state index in [4.69, 9.17) is 4.74 Å². The number of hydrogen-bond donors (Lipinski definition) is 1. The molecule has 0 spiro atoms. The van der Waals surface area contributed by atoms with Crippen LogP contribution in [0.4, 0.5) is 11.4 Å². The molecule has 0 unspecified atom stereocenters. The number of nitro benzene ring substituents is 1. The van der Waals surface area contributed by atoms with Crippen LogP contribution in [0.5, 0.6) is 5.75 Å². The highest BCUT2D eigenvalue weighted by Gasteiger charge is 2.16. The first-order valence-electron chi connectivity index (χ1n) is 8.34. The molecule has 138 valence electrons. The van der Waals surface area contributed by atoms with Gasteiger partial charge in [0.25, 0.3) is 5.69 Å². The highest BCUT2D eigenvalue weighted by atomic mass is 16.6. The van der Waals surface area contributed by atoms with E-state index in [1.807, 2.05) is 43.1 Å². The Labute approximate surface area is 152 Å². The van der Waals surface area contributed by atoms with Crippen molar-refractivity contribution in [2.75, 3.05) is 25.5 Å². The number of ether oxygens (including phenoxy) is 1. The summed E-state index contributed by atoms with van der Waals surface area (Å²) < 4.78 is 5.40. The predicted molar refractivity (Wildman–Crippen MR) is 100 cm³/mol. The number of anilines is 1. The van der Waals surface area contributed by atoms with Gasteiger partial charge in [-0.3, -0.25) is 19.8 Å². The quantitative estimate of drug-likeness (QED) is 0.578. The van der Waals surface area contributed by atoms with Gasteiger partial charge in [-0.2, -0.15) is 0 Å². The van der Waals surface area contributed by atoms with Crippen LogP contribution in [-0.2, 0) is 11.3 Å². The Morgan fingerprint density at radius 2 is 1.92 bits per heavy atom. The Bertz CT molecular complexity index is 775. The average Bonchev–Trinajstić information content (AvgIpc) is 2.58. The molecule has 1 amide bonds. The zero-order valence-corrected chi connectivity index (χ0v) is 15.2. The molecule has 0 aromatic heterocycles. The molecule has 0 bridgehead atoms. The van der Waals surface area contributed by atoms with Gasteiger partial charge in [0.1, 0.15) is 11.4 Å². The molecule has 26 heavy (non-hydrogen) atoms. The molecule has 0 aliphatic carbocycles. The number of nitro groups is 1. The minimum absolute atomic E-state index is 0.104. The molecule has 0 heterocycles. The molecule has 0 fully saturated rings. The molecule has 2 aromatic rings. The van der Waals surface area contributed by atoms with E-state index in [0.717, 1.165) is 16.9 Å². The summed E-state index contributed by atoms with van der Waals surface area (Å²) in [7, 11) is 1.82. The third kappa shape index (κ3) is 5.56. The molecule has 0 aliphatic heterocycles. The molecule has 0 saturated carbocycles. The zero-order chi connectivity index (χ0) is 19.1. The number of likely N-dealkylation sites (N-methyl/N-ethyl adjacent to an activating group) is 1. The van der Waals surface area contributed by atoms with Crippen molar-refractivity contribution in [3.05, 3.63) is 63.7 Å². The standard InChI is InChI=1S/C19H23N3O4/c1-4-26-16-8-6-15(7-9-16)12-21(3)13-19(23)20-17-10-5-14(2)11-18(17)22(24)25/h5-11H,4,12-13H2,1-3H3,(H,20,23). The maximum Gasteiger partial charge on any atom is 0.293 e. The molecule has 1 N–H and O–H groups in total. The lowest BCUT2D eigenvalue weighted by Gasteiger charge is -2.16. The van der Waals surface area contributed by atoms with E-state index in [9.17, 15) is 14.9 Å². The number of benzene rings is 2. The summed E-state index contributed by atoms with van der Waals surface area (Å²) in [5.74, 6) is 0.508. The summed E-state index contributed by atoms with van der Waals surface area (Å²) in [6.45, 7) is 5.01. The van der Waals surface area contributed by atoms with Crippen LogP contribution in [0.15, 0.2) is 42.5 Å². The minimum Gasteiger partial charge on any atom is -0.494 e. The highest BCUT2D eigenvalue weighted by Crippen LogP contribution is 2.25. The van der Waals surface area contributed by atoms with Crippen molar-refractivity contribution in [1.82, 2.24) is 4.90 Å². The molecular formula is C19H23N3O4. The number of rotatable bonds is 8. The fraction of sp³-hybridized carbons (Fsp3) is 0.316. The number of nitrogens with one attached hydrogen (secondary N) is 1. The van der Waals surface area contributed by atoms with E-state index < -0.39 is 4.92 Å². The second kappa shape index (κ2) is 8.96. The number of carbonyl (C=O) groups is 1. The van der Waals surface area contributed by atoms with E-state index in [1.54, 1.807) is 19.1 Å². The normalized spacial score (nSPS) is 10.6. The van der Waals surface area contributed by atoms with Gasteiger partial charge in [0.15, 0.2) is 0 Å². The van der Waals surface area contributed by atoms with Gasteiger partial charge in [0.05, 0.1) is 18.1 Å². The van der Waals surface area contributed by atoms with Crippen molar-refractivity contribution in [3.63, 3.8) is 0 Å². The largest absolute Gasteiger partial charge is 0.494 e. The molecule has 7 heteroatoms. The van der Waals surface area contributed by atoms with Crippen LogP contribution in [0.3, 0.4) is 0 Å². The lowest BCUT2D eigenvalue weighted by molar-refractivity contribution is -0.384. The molecule has 0 aliphatic rings. The summed E-state index contributed by atoms with van der Waals surface area (Å²) in [5, 5.41) is 13.7. The van der Waals surface area contributed by atoms with E-state index >= 15 is 0 Å². The fourth-order valence-corrected chi connectivity index (χ4v) is 2.56. The van der Waals surface area contributed by atoms with Gasteiger partial charge >= 0.3 is 0 Å². The summed E-state index contributed by atoms with van der Waals surface area (Å²) >= 11 is 0. The first kappa shape index (κ1) is 19.4. The molecule has 0 atom stereocenters. The summed E-state index contributed by atoms with van der Waals surface area (Å²) in [4.78, 5) is 24.7. The molecule has 7 nitrogen and oxygen atoms in total. The molecular weight excluding hydrogens is 334 g/mol. The third-order valence-electron chi connectivity index (χ3n) is 3.72. The smallest absolute Gasteiger partial charge is 0.293 e. The summed E-state index contributed by atoms with van der Waals surface area (Å²) in [6, 6.07) is 12.4. The third-order valence-corrected chi connectivity index (χ3v) is 3.72. The number of amides is 1. The maximum atomic E-state index is 12.2. The molecule has 0 saturated heterocycles.